The number of rotatable bonds is 1. The van der Waals surface area contributed by atoms with Crippen LogP contribution in [0.2, 0.25) is 0 Å². The van der Waals surface area contributed by atoms with E-state index < -0.39 is 0 Å². The lowest BCUT2D eigenvalue weighted by atomic mass is 10.2. The molecule has 78 valence electrons. The number of aromatic nitrogens is 4. The van der Waals surface area contributed by atoms with Crippen molar-refractivity contribution in [2.75, 3.05) is 0 Å². The second-order valence-electron chi connectivity index (χ2n) is 3.33. The molecule has 3 aromatic rings. The number of benzene rings is 1. The van der Waals surface area contributed by atoms with E-state index in [1.807, 2.05) is 29.1 Å². The Morgan fingerprint density at radius 3 is 2.69 bits per heavy atom. The predicted molar refractivity (Wildman–Crippen MR) is 64.4 cm³/mol. The molecule has 0 aliphatic heterocycles. The van der Waals surface area contributed by atoms with E-state index >= 15 is 0 Å². The van der Waals surface area contributed by atoms with Gasteiger partial charge >= 0.3 is 0 Å². The molecule has 0 saturated carbocycles. The Bertz CT molecular complexity index is 633. The Labute approximate surface area is 100 Å². The fourth-order valence-electron chi connectivity index (χ4n) is 1.62. The minimum atomic E-state index is 0.857. The lowest BCUT2D eigenvalue weighted by Crippen LogP contribution is -1.96. The maximum absolute atomic E-state index is 4.33. The third-order valence-electron chi connectivity index (χ3n) is 2.35. The second-order valence-corrected chi connectivity index (χ2v) is 4.18. The SMILES string of the molecule is Brc1cccc2c1cnn2-c1cncnc1. The first-order valence-electron chi connectivity index (χ1n) is 4.74. The monoisotopic (exact) mass is 274 g/mol. The molecule has 0 radical (unpaired) electrons. The molecule has 0 spiro atoms. The van der Waals surface area contributed by atoms with Gasteiger partial charge in [0.05, 0.1) is 24.1 Å². The van der Waals surface area contributed by atoms with Crippen molar-refractivity contribution in [3.05, 3.63) is 47.6 Å². The molecule has 0 amide bonds. The highest BCUT2D eigenvalue weighted by Crippen LogP contribution is 2.24. The zero-order valence-corrected chi connectivity index (χ0v) is 9.79. The summed E-state index contributed by atoms with van der Waals surface area (Å²) in [5.41, 5.74) is 1.89. The number of nitrogens with zero attached hydrogens (tertiary/aromatic N) is 4. The standard InChI is InChI=1S/C11H7BrN4/c12-10-2-1-3-11-9(10)6-15-16(11)8-4-13-7-14-5-8/h1-7H. The van der Waals surface area contributed by atoms with Crippen molar-refractivity contribution >= 4 is 26.8 Å². The Morgan fingerprint density at radius 2 is 1.88 bits per heavy atom. The van der Waals surface area contributed by atoms with Gasteiger partial charge in [-0.05, 0) is 12.1 Å². The highest BCUT2D eigenvalue weighted by atomic mass is 79.9. The van der Waals surface area contributed by atoms with Crippen LogP contribution >= 0.6 is 15.9 Å². The van der Waals surface area contributed by atoms with Gasteiger partial charge in [0.15, 0.2) is 0 Å². The minimum absolute atomic E-state index is 0.857. The van der Waals surface area contributed by atoms with Crippen LogP contribution in [0.5, 0.6) is 0 Å². The van der Waals surface area contributed by atoms with Gasteiger partial charge in [0.2, 0.25) is 0 Å². The summed E-state index contributed by atoms with van der Waals surface area (Å²) < 4.78 is 2.85. The number of fused-ring (bicyclic) bond motifs is 1. The summed E-state index contributed by atoms with van der Waals surface area (Å²) in [7, 11) is 0. The zero-order chi connectivity index (χ0) is 11.0. The third kappa shape index (κ3) is 1.40. The molecule has 0 unspecified atom stereocenters. The van der Waals surface area contributed by atoms with E-state index in [0.717, 1.165) is 21.1 Å². The van der Waals surface area contributed by atoms with E-state index in [1.54, 1.807) is 12.4 Å². The molecule has 0 N–H and O–H groups in total. The Hall–Kier alpha value is -1.75. The number of halogens is 1. The van der Waals surface area contributed by atoms with Gasteiger partial charge in [-0.25, -0.2) is 14.6 Å². The molecule has 5 heteroatoms. The van der Waals surface area contributed by atoms with Crippen molar-refractivity contribution in [2.45, 2.75) is 0 Å². The van der Waals surface area contributed by atoms with Gasteiger partial charge in [0.1, 0.15) is 12.0 Å². The lowest BCUT2D eigenvalue weighted by molar-refractivity contribution is 0.891. The van der Waals surface area contributed by atoms with E-state index in [2.05, 4.69) is 31.0 Å². The Balaban J connectivity index is 2.30. The molecule has 0 atom stereocenters. The summed E-state index contributed by atoms with van der Waals surface area (Å²) in [5.74, 6) is 0. The minimum Gasteiger partial charge on any atom is -0.243 e. The molecular weight excluding hydrogens is 268 g/mol. The average molecular weight is 275 g/mol. The van der Waals surface area contributed by atoms with Crippen molar-refractivity contribution in [3.8, 4) is 5.69 Å². The first-order chi connectivity index (χ1) is 7.86. The van der Waals surface area contributed by atoms with Gasteiger partial charge in [-0.2, -0.15) is 5.10 Å². The number of hydrogen-bond donors (Lipinski definition) is 0. The molecule has 0 bridgehead atoms. The van der Waals surface area contributed by atoms with Crippen LogP contribution in [0.4, 0.5) is 0 Å². The fraction of sp³-hybridized carbons (Fsp3) is 0. The van der Waals surface area contributed by atoms with Crippen molar-refractivity contribution in [1.82, 2.24) is 19.7 Å². The third-order valence-corrected chi connectivity index (χ3v) is 3.04. The zero-order valence-electron chi connectivity index (χ0n) is 8.21. The lowest BCUT2D eigenvalue weighted by Gasteiger charge is -2.01. The van der Waals surface area contributed by atoms with Crippen LogP contribution in [0, 0.1) is 0 Å². The summed E-state index contributed by atoms with van der Waals surface area (Å²) in [6.45, 7) is 0. The van der Waals surface area contributed by atoms with Gasteiger partial charge in [0, 0.05) is 9.86 Å². The van der Waals surface area contributed by atoms with E-state index in [4.69, 9.17) is 0 Å². The fourth-order valence-corrected chi connectivity index (χ4v) is 2.08. The predicted octanol–water partition coefficient (Wildman–Crippen LogP) is 2.58. The maximum Gasteiger partial charge on any atom is 0.115 e. The van der Waals surface area contributed by atoms with Crippen LogP contribution in [0.15, 0.2) is 47.6 Å². The van der Waals surface area contributed by atoms with Gasteiger partial charge in [-0.3, -0.25) is 0 Å². The molecular formula is C11H7BrN4. The van der Waals surface area contributed by atoms with Crippen LogP contribution < -0.4 is 0 Å². The maximum atomic E-state index is 4.33. The first-order valence-corrected chi connectivity index (χ1v) is 5.53. The van der Waals surface area contributed by atoms with Crippen LogP contribution in [0.3, 0.4) is 0 Å². The summed E-state index contributed by atoms with van der Waals surface area (Å²) in [6.07, 6.45) is 6.80. The second kappa shape index (κ2) is 3.68. The Morgan fingerprint density at radius 1 is 1.06 bits per heavy atom. The van der Waals surface area contributed by atoms with Crippen molar-refractivity contribution < 1.29 is 0 Å². The smallest absolute Gasteiger partial charge is 0.115 e. The summed E-state index contributed by atoms with van der Waals surface area (Å²) in [5, 5.41) is 5.41. The summed E-state index contributed by atoms with van der Waals surface area (Å²) in [6, 6.07) is 5.99. The summed E-state index contributed by atoms with van der Waals surface area (Å²) in [4.78, 5) is 7.97. The molecule has 0 saturated heterocycles. The largest absolute Gasteiger partial charge is 0.243 e. The first kappa shape index (κ1) is 9.47. The molecule has 16 heavy (non-hydrogen) atoms. The molecule has 0 fully saturated rings. The molecule has 1 aromatic carbocycles. The molecule has 2 aromatic heterocycles. The van der Waals surface area contributed by atoms with Crippen LogP contribution in [0.1, 0.15) is 0 Å². The van der Waals surface area contributed by atoms with Gasteiger partial charge in [-0.15, -0.1) is 0 Å². The quantitative estimate of drug-likeness (QED) is 0.685. The molecule has 3 rings (SSSR count). The van der Waals surface area contributed by atoms with E-state index in [0.29, 0.717) is 0 Å². The van der Waals surface area contributed by atoms with Crippen molar-refractivity contribution in [1.29, 1.82) is 0 Å². The van der Waals surface area contributed by atoms with E-state index in [9.17, 15) is 0 Å². The molecule has 4 nitrogen and oxygen atoms in total. The normalized spacial score (nSPS) is 10.8. The molecule has 0 aliphatic rings. The average Bonchev–Trinajstić information content (AvgIpc) is 2.75. The van der Waals surface area contributed by atoms with E-state index in [1.165, 1.54) is 6.33 Å². The molecule has 0 aliphatic carbocycles. The number of hydrogen-bond acceptors (Lipinski definition) is 3. The molecule has 2 heterocycles. The highest BCUT2D eigenvalue weighted by Gasteiger charge is 2.06. The summed E-state index contributed by atoms with van der Waals surface area (Å²) >= 11 is 3.50. The highest BCUT2D eigenvalue weighted by molar-refractivity contribution is 9.10. The van der Waals surface area contributed by atoms with E-state index in [-0.39, 0.29) is 0 Å². The topological polar surface area (TPSA) is 43.6 Å². The van der Waals surface area contributed by atoms with Crippen LogP contribution in [-0.4, -0.2) is 19.7 Å². The Kier molecular flexibility index (Phi) is 2.18. The van der Waals surface area contributed by atoms with Crippen LogP contribution in [-0.2, 0) is 0 Å². The van der Waals surface area contributed by atoms with Crippen LogP contribution in [0.25, 0.3) is 16.6 Å². The van der Waals surface area contributed by atoms with Gasteiger partial charge < -0.3 is 0 Å². The van der Waals surface area contributed by atoms with Crippen molar-refractivity contribution in [2.24, 2.45) is 0 Å². The van der Waals surface area contributed by atoms with Gasteiger partial charge in [0.25, 0.3) is 0 Å². The van der Waals surface area contributed by atoms with Crippen molar-refractivity contribution in [3.63, 3.8) is 0 Å². The van der Waals surface area contributed by atoms with Gasteiger partial charge in [-0.1, -0.05) is 22.0 Å².